The molecule has 0 fully saturated rings. The van der Waals surface area contributed by atoms with Crippen molar-refractivity contribution in [1.29, 1.82) is 0 Å². The van der Waals surface area contributed by atoms with Crippen molar-refractivity contribution in [2.45, 2.75) is 25.3 Å². The van der Waals surface area contributed by atoms with E-state index in [4.69, 9.17) is 74.9 Å². The van der Waals surface area contributed by atoms with E-state index in [-0.39, 0.29) is 42.6 Å². The second kappa shape index (κ2) is 16.0. The predicted octanol–water partition coefficient (Wildman–Crippen LogP) is -3.72. The highest BCUT2D eigenvalue weighted by atomic mass is 127. The van der Waals surface area contributed by atoms with Crippen molar-refractivity contribution in [1.82, 2.24) is 0 Å². The molecule has 2 aliphatic rings. The molecular formula is C23H25B12IN2O4. The van der Waals surface area contributed by atoms with Gasteiger partial charge in [0.15, 0.2) is 17.2 Å². The molecule has 2 aliphatic heterocycles. The lowest BCUT2D eigenvalue weighted by atomic mass is 8.53. The molecule has 1 atom stereocenters. The van der Waals surface area contributed by atoms with Gasteiger partial charge in [-0.1, -0.05) is 24.3 Å². The van der Waals surface area contributed by atoms with Crippen LogP contribution in [0.3, 0.4) is 0 Å². The Balaban J connectivity index is 0.000000405. The second-order valence-corrected chi connectivity index (χ2v) is 11.1. The third-order valence-corrected chi connectivity index (χ3v) is 7.75. The third kappa shape index (κ3) is 8.77. The average Bonchev–Trinajstić information content (AvgIpc) is 3.38. The summed E-state index contributed by atoms with van der Waals surface area (Å²) in [5, 5.41) is 0. The molecule has 14 radical (unpaired) electrons. The first kappa shape index (κ1) is 36.7. The van der Waals surface area contributed by atoms with Crippen molar-refractivity contribution in [2.24, 2.45) is 0 Å². The number of halogens is 1. The molecule has 0 saturated carbocycles. The Kier molecular flexibility index (Phi) is 13.9. The van der Waals surface area contributed by atoms with Crippen LogP contribution in [0.25, 0.3) is 4.85 Å². The molecule has 1 unspecified atom stereocenters. The first-order valence-corrected chi connectivity index (χ1v) is 13.4. The average molecular weight is 650 g/mol. The number of fused-ring (bicyclic) bond motifs is 2. The summed E-state index contributed by atoms with van der Waals surface area (Å²) < 4.78 is 17.7. The van der Waals surface area contributed by atoms with Crippen LogP contribution in [0.15, 0.2) is 30.3 Å². The van der Waals surface area contributed by atoms with Gasteiger partial charge in [-0.05, 0) is 17.2 Å². The summed E-state index contributed by atoms with van der Waals surface area (Å²) in [4.78, 5) is 16.4. The number of nitrogens with zero attached hydrogens (tertiary/aromatic N) is 2. The number of quaternary nitrogens is 1. The van der Waals surface area contributed by atoms with E-state index in [1.165, 1.54) is 5.56 Å². The van der Waals surface area contributed by atoms with E-state index in [0.29, 0.717) is 34.5 Å². The Bertz CT molecular complexity index is 1260. The first-order chi connectivity index (χ1) is 19.3. The van der Waals surface area contributed by atoms with Crippen molar-refractivity contribution in [3.05, 3.63) is 58.4 Å². The molecule has 0 saturated heterocycles. The first-order valence-electron chi connectivity index (χ1n) is 13.4. The van der Waals surface area contributed by atoms with Gasteiger partial charge < -0.3 is 42.7 Å². The summed E-state index contributed by atoms with van der Waals surface area (Å²) in [6.45, 7) is 8.18. The Morgan fingerprint density at radius 2 is 1.67 bits per heavy atom. The highest BCUT2D eigenvalue weighted by Gasteiger charge is 2.42. The lowest BCUT2D eigenvalue weighted by molar-refractivity contribution is -0.922. The normalized spacial score (nSPS) is 15.3. The Morgan fingerprint density at radius 1 is 1.05 bits per heavy atom. The lowest BCUT2D eigenvalue weighted by Gasteiger charge is -2.43. The van der Waals surface area contributed by atoms with Gasteiger partial charge in [0.2, 0.25) is 12.5 Å². The fraction of sp³-hybridized carbons (Fsp3) is 0.391. The smallest absolute Gasteiger partial charge is 0.231 e. The van der Waals surface area contributed by atoms with Crippen LogP contribution in [-0.4, -0.2) is 131 Å². The van der Waals surface area contributed by atoms with Gasteiger partial charge in [0, 0.05) is 98.9 Å². The molecule has 19 heteroatoms. The predicted molar refractivity (Wildman–Crippen MR) is 178 cm³/mol. The number of Topliss-reactive ketones (excluding diaryl/α,β-unsaturated/α-hetero) is 1. The molecule has 2 aromatic carbocycles. The highest BCUT2D eigenvalue weighted by Crippen LogP contribution is 2.51. The van der Waals surface area contributed by atoms with Crippen LogP contribution in [0.1, 0.15) is 29.2 Å². The van der Waals surface area contributed by atoms with Crippen LogP contribution in [0.2, 0.25) is 0 Å². The van der Waals surface area contributed by atoms with E-state index in [1.54, 1.807) is 19.2 Å². The highest BCUT2D eigenvalue weighted by molar-refractivity contribution is 8.05. The third-order valence-electron chi connectivity index (χ3n) is 7.75. The molecule has 194 valence electrons. The number of ketones is 1. The number of likely N-dealkylation sites (N-methyl/N-ethyl adjacent to an activating group) is 1. The van der Waals surface area contributed by atoms with E-state index < -0.39 is 31.9 Å². The number of rotatable bonds is 9. The fourth-order valence-electron chi connectivity index (χ4n) is 5.35. The molecule has 2 heterocycles. The Labute approximate surface area is 279 Å². The van der Waals surface area contributed by atoms with Gasteiger partial charge >= 0.3 is 0 Å². The van der Waals surface area contributed by atoms with E-state index in [9.17, 15) is 4.79 Å². The van der Waals surface area contributed by atoms with Crippen molar-refractivity contribution in [3.63, 3.8) is 0 Å². The summed E-state index contributed by atoms with van der Waals surface area (Å²) in [5.41, 5.74) is 3.75. The number of carbonyl (C=O) groups excluding carboxylic acids is 1. The zero-order valence-electron chi connectivity index (χ0n) is 24.3. The molecule has 4 rings (SSSR count). The van der Waals surface area contributed by atoms with E-state index in [2.05, 4.69) is 18.9 Å². The van der Waals surface area contributed by atoms with Crippen LogP contribution in [0.5, 0.6) is 17.2 Å². The SMILES string of the molecule is [B]B([B])B([B])B(B([B])[B])B([B])[B].[C-]#[N+]c1ccc(CC(=O)CC2c3c(cc4c(c3OC)OCO4)CC[N+]2(C)C)cc1.[I-]. The molecule has 0 aromatic heterocycles. The molecule has 42 heavy (non-hydrogen) atoms. The van der Waals surface area contributed by atoms with Crippen molar-refractivity contribution in [2.75, 3.05) is 34.5 Å². The number of ether oxygens (including phenoxy) is 3. The maximum Gasteiger partial charge on any atom is 0.231 e. The quantitative estimate of drug-likeness (QED) is 0.122. The van der Waals surface area contributed by atoms with Gasteiger partial charge in [-0.2, -0.15) is 0 Å². The monoisotopic (exact) mass is 652 g/mol. The summed E-state index contributed by atoms with van der Waals surface area (Å²) in [7, 11) is 43.9. The van der Waals surface area contributed by atoms with Crippen LogP contribution in [-0.2, 0) is 17.6 Å². The van der Waals surface area contributed by atoms with Crippen LogP contribution in [0.4, 0.5) is 5.69 Å². The summed E-state index contributed by atoms with van der Waals surface area (Å²) in [6.07, 6.45) is -1.55. The Hall–Kier alpha value is -1.53. The topological polar surface area (TPSA) is 49.1 Å². The van der Waals surface area contributed by atoms with E-state index >= 15 is 0 Å². The summed E-state index contributed by atoms with van der Waals surface area (Å²) in [6, 6.07) is 9.26. The molecule has 0 N–H and O–H groups in total. The molecule has 0 bridgehead atoms. The van der Waals surface area contributed by atoms with Crippen molar-refractivity contribution >= 4 is 97.6 Å². The van der Waals surface area contributed by atoms with Gasteiger partial charge in [-0.15, -0.1) is 0 Å². The van der Waals surface area contributed by atoms with Gasteiger partial charge in [-0.3, -0.25) is 4.79 Å². The van der Waals surface area contributed by atoms with Gasteiger partial charge in [-0.25, -0.2) is 4.85 Å². The molecule has 2 aromatic rings. The van der Waals surface area contributed by atoms with Crippen LogP contribution in [0, 0.1) is 6.57 Å². The molecule has 0 spiro atoms. The molecule has 0 amide bonds. The summed E-state index contributed by atoms with van der Waals surface area (Å²) >= 11 is 0. The number of methoxy groups -OCH3 is 1. The molecule has 6 nitrogen and oxygen atoms in total. The van der Waals surface area contributed by atoms with Gasteiger partial charge in [0.1, 0.15) is 11.8 Å². The van der Waals surface area contributed by atoms with Gasteiger partial charge in [0.05, 0.1) is 46.3 Å². The minimum Gasteiger partial charge on any atom is -1.00 e. The fourth-order valence-corrected chi connectivity index (χ4v) is 5.35. The van der Waals surface area contributed by atoms with E-state index in [1.807, 2.05) is 18.2 Å². The minimum atomic E-state index is -0.723. The number of hydrogen-bond acceptors (Lipinski definition) is 4. The second-order valence-electron chi connectivity index (χ2n) is 11.1. The number of hydrogen-bond donors (Lipinski definition) is 0. The summed E-state index contributed by atoms with van der Waals surface area (Å²) in [5.74, 6) is 2.22. The maximum atomic E-state index is 13.0. The lowest BCUT2D eigenvalue weighted by Crippen LogP contribution is -3.00. The zero-order valence-corrected chi connectivity index (χ0v) is 26.5. The van der Waals surface area contributed by atoms with E-state index in [0.717, 1.165) is 29.8 Å². The van der Waals surface area contributed by atoms with Crippen LogP contribution >= 0.6 is 0 Å². The standard InChI is InChI=1S/C23H25N2O4.B12.HI/c1-24-17-7-5-15(6-8-17)11-18(26)13-19-21-16(9-10-25(19,2)3)12-20-22(23(21)27-4)29-14-28-20;1-8(2)11(7)12(9(3)4)10(5)6;/h5-8,12,19H,9-11,13-14H2,2-4H3;;1H/q+1;;/p-1. The van der Waals surface area contributed by atoms with Crippen molar-refractivity contribution in [3.8, 4) is 17.2 Å². The zero-order chi connectivity index (χ0) is 30.5. The maximum absolute atomic E-state index is 13.0. The molecule has 0 aliphatic carbocycles. The van der Waals surface area contributed by atoms with Crippen molar-refractivity contribution < 1.29 is 47.5 Å². The number of benzene rings is 2. The molecular weight excluding hydrogens is 625 g/mol. The number of carbonyl (C=O) groups is 1. The van der Waals surface area contributed by atoms with Crippen LogP contribution < -0.4 is 38.2 Å². The van der Waals surface area contributed by atoms with Gasteiger partial charge in [0.25, 0.3) is 0 Å². The minimum absolute atomic E-state index is 0. The largest absolute Gasteiger partial charge is 1.00 e. The Morgan fingerprint density at radius 3 is 2.17 bits per heavy atom.